The van der Waals surface area contributed by atoms with Crippen LogP contribution in [0.2, 0.25) is 0 Å². The van der Waals surface area contributed by atoms with Crippen LogP contribution in [0.15, 0.2) is 12.7 Å². The van der Waals surface area contributed by atoms with Crippen LogP contribution in [0.3, 0.4) is 0 Å². The van der Waals surface area contributed by atoms with Crippen LogP contribution < -0.4 is 5.32 Å². The second-order valence-electron chi connectivity index (χ2n) is 4.31. The molecule has 0 spiro atoms. The molecule has 1 saturated carbocycles. The number of carboxylic acids is 1. The fraction of sp³-hybridized carbons (Fsp3) is 0.636. The monoisotopic (exact) mass is 281 g/mol. The van der Waals surface area contributed by atoms with Crippen molar-refractivity contribution >= 4 is 12.1 Å². The zero-order valence-corrected chi connectivity index (χ0v) is 10.00. The minimum atomic E-state index is -4.69. The van der Waals surface area contributed by atoms with Crippen molar-refractivity contribution in [1.29, 1.82) is 0 Å². The van der Waals surface area contributed by atoms with Gasteiger partial charge in [0.25, 0.3) is 0 Å². The van der Waals surface area contributed by atoms with Crippen LogP contribution >= 0.6 is 0 Å². The van der Waals surface area contributed by atoms with Crippen molar-refractivity contribution in [3.8, 4) is 0 Å². The standard InChI is InChI=1S/C11H14F3NO4/c1-2-6-19-9(18)15-7(8(16)17)10(4-3-5-10)11(12,13)14/h2,7H,1,3-6H2,(H,15,18)(H,16,17). The molecule has 1 rings (SSSR count). The molecule has 0 aromatic rings. The van der Waals surface area contributed by atoms with E-state index in [2.05, 4.69) is 11.3 Å². The smallest absolute Gasteiger partial charge is 0.408 e. The van der Waals surface area contributed by atoms with Crippen molar-refractivity contribution in [2.24, 2.45) is 5.41 Å². The first-order valence-corrected chi connectivity index (χ1v) is 5.58. The third-order valence-corrected chi connectivity index (χ3v) is 3.20. The second-order valence-corrected chi connectivity index (χ2v) is 4.31. The van der Waals surface area contributed by atoms with Gasteiger partial charge < -0.3 is 15.2 Å². The van der Waals surface area contributed by atoms with Gasteiger partial charge in [-0.1, -0.05) is 19.1 Å². The summed E-state index contributed by atoms with van der Waals surface area (Å²) in [6, 6.07) is -2.04. The maximum absolute atomic E-state index is 13.0. The molecule has 1 aliphatic carbocycles. The number of alkyl carbamates (subject to hydrolysis) is 1. The molecule has 19 heavy (non-hydrogen) atoms. The summed E-state index contributed by atoms with van der Waals surface area (Å²) in [5.74, 6) is -1.73. The maximum Gasteiger partial charge on any atom is 0.408 e. The average molecular weight is 281 g/mol. The van der Waals surface area contributed by atoms with E-state index in [1.54, 1.807) is 5.32 Å². The molecule has 0 aromatic carbocycles. The summed E-state index contributed by atoms with van der Waals surface area (Å²) in [4.78, 5) is 22.2. The van der Waals surface area contributed by atoms with Crippen LogP contribution in [-0.2, 0) is 9.53 Å². The molecule has 0 heterocycles. The largest absolute Gasteiger partial charge is 0.480 e. The molecule has 5 nitrogen and oxygen atoms in total. The van der Waals surface area contributed by atoms with Crippen molar-refractivity contribution in [3.63, 3.8) is 0 Å². The van der Waals surface area contributed by atoms with E-state index in [-0.39, 0.29) is 25.9 Å². The van der Waals surface area contributed by atoms with Crippen LogP contribution in [0.25, 0.3) is 0 Å². The number of carbonyl (C=O) groups is 2. The van der Waals surface area contributed by atoms with Crippen LogP contribution in [0, 0.1) is 5.41 Å². The van der Waals surface area contributed by atoms with Crippen LogP contribution in [0.1, 0.15) is 19.3 Å². The summed E-state index contributed by atoms with van der Waals surface area (Å²) >= 11 is 0. The Morgan fingerprint density at radius 3 is 2.37 bits per heavy atom. The second kappa shape index (κ2) is 5.50. The summed E-state index contributed by atoms with van der Waals surface area (Å²) in [7, 11) is 0. The zero-order valence-electron chi connectivity index (χ0n) is 10.00. The molecule has 1 fully saturated rings. The number of rotatable bonds is 5. The summed E-state index contributed by atoms with van der Waals surface area (Å²) in [6.45, 7) is 3.05. The molecule has 1 amide bonds. The lowest BCUT2D eigenvalue weighted by Gasteiger charge is -2.46. The lowest BCUT2D eigenvalue weighted by molar-refractivity contribution is -0.261. The molecular formula is C11H14F3NO4. The Morgan fingerprint density at radius 1 is 1.47 bits per heavy atom. The lowest BCUT2D eigenvalue weighted by Crippen LogP contribution is -2.62. The van der Waals surface area contributed by atoms with Gasteiger partial charge in [0.1, 0.15) is 12.6 Å². The highest BCUT2D eigenvalue weighted by molar-refractivity contribution is 5.81. The Bertz CT molecular complexity index is 377. The summed E-state index contributed by atoms with van der Waals surface area (Å²) in [6.07, 6.45) is -5.06. The number of nitrogens with one attached hydrogen (secondary N) is 1. The normalized spacial score (nSPS) is 18.9. The number of hydrogen-bond acceptors (Lipinski definition) is 3. The Morgan fingerprint density at radius 2 is 2.05 bits per heavy atom. The predicted octanol–water partition coefficient (Wildman–Crippen LogP) is 2.08. The van der Waals surface area contributed by atoms with Crippen molar-refractivity contribution in [2.45, 2.75) is 31.5 Å². The van der Waals surface area contributed by atoms with Crippen molar-refractivity contribution in [2.75, 3.05) is 6.61 Å². The quantitative estimate of drug-likeness (QED) is 0.756. The van der Waals surface area contributed by atoms with E-state index in [1.807, 2.05) is 0 Å². The number of carbonyl (C=O) groups excluding carboxylic acids is 1. The number of halogens is 3. The molecule has 0 aliphatic heterocycles. The van der Waals surface area contributed by atoms with E-state index < -0.39 is 29.7 Å². The minimum Gasteiger partial charge on any atom is -0.480 e. The first-order chi connectivity index (χ1) is 8.74. The lowest BCUT2D eigenvalue weighted by atomic mass is 9.63. The Hall–Kier alpha value is -1.73. The van der Waals surface area contributed by atoms with Gasteiger partial charge in [0.2, 0.25) is 0 Å². The highest BCUT2D eigenvalue weighted by Gasteiger charge is 2.65. The molecule has 8 heteroatoms. The maximum atomic E-state index is 13.0. The van der Waals surface area contributed by atoms with Crippen molar-refractivity contribution in [1.82, 2.24) is 5.32 Å². The molecule has 0 saturated heterocycles. The predicted molar refractivity (Wildman–Crippen MR) is 58.4 cm³/mol. The molecule has 2 N–H and O–H groups in total. The van der Waals surface area contributed by atoms with Crippen LogP contribution in [0.5, 0.6) is 0 Å². The SMILES string of the molecule is C=CCOC(=O)NC(C(=O)O)C1(C(F)(F)F)CCC1. The number of ether oxygens (including phenoxy) is 1. The Labute approximate surface area is 107 Å². The van der Waals surface area contributed by atoms with E-state index in [4.69, 9.17) is 5.11 Å². The number of amides is 1. The first-order valence-electron chi connectivity index (χ1n) is 5.58. The number of alkyl halides is 3. The molecule has 1 aliphatic rings. The van der Waals surface area contributed by atoms with Gasteiger partial charge in [0.05, 0.1) is 5.41 Å². The third kappa shape index (κ3) is 2.99. The molecule has 108 valence electrons. The van der Waals surface area contributed by atoms with Gasteiger partial charge in [0.15, 0.2) is 0 Å². The first kappa shape index (κ1) is 15.3. The van der Waals surface area contributed by atoms with Gasteiger partial charge in [0, 0.05) is 0 Å². The van der Waals surface area contributed by atoms with E-state index >= 15 is 0 Å². The zero-order chi connectivity index (χ0) is 14.7. The fourth-order valence-corrected chi connectivity index (χ4v) is 2.02. The topological polar surface area (TPSA) is 75.6 Å². The molecule has 1 atom stereocenters. The summed E-state index contributed by atoms with van der Waals surface area (Å²) in [5.41, 5.74) is -2.41. The van der Waals surface area contributed by atoms with E-state index in [0.717, 1.165) is 0 Å². The number of aliphatic carboxylic acids is 1. The van der Waals surface area contributed by atoms with Gasteiger partial charge in [-0.15, -0.1) is 0 Å². The molecular weight excluding hydrogens is 267 g/mol. The number of hydrogen-bond donors (Lipinski definition) is 2. The summed E-state index contributed by atoms with van der Waals surface area (Å²) < 4.78 is 43.4. The van der Waals surface area contributed by atoms with Crippen LogP contribution in [-0.4, -0.2) is 36.0 Å². The van der Waals surface area contributed by atoms with Gasteiger partial charge in [-0.3, -0.25) is 0 Å². The fourth-order valence-electron chi connectivity index (χ4n) is 2.02. The summed E-state index contributed by atoms with van der Waals surface area (Å²) in [5, 5.41) is 10.7. The van der Waals surface area contributed by atoms with Crippen molar-refractivity contribution < 1.29 is 32.6 Å². The van der Waals surface area contributed by atoms with Gasteiger partial charge in [-0.25, -0.2) is 9.59 Å². The molecule has 1 unspecified atom stereocenters. The van der Waals surface area contributed by atoms with Gasteiger partial charge in [-0.05, 0) is 12.8 Å². The highest BCUT2D eigenvalue weighted by atomic mass is 19.4. The third-order valence-electron chi connectivity index (χ3n) is 3.20. The van der Waals surface area contributed by atoms with Gasteiger partial charge >= 0.3 is 18.2 Å². The van der Waals surface area contributed by atoms with Gasteiger partial charge in [-0.2, -0.15) is 13.2 Å². The van der Waals surface area contributed by atoms with E-state index in [9.17, 15) is 22.8 Å². The Balaban J connectivity index is 2.85. The van der Waals surface area contributed by atoms with Crippen molar-refractivity contribution in [3.05, 3.63) is 12.7 Å². The molecule has 0 bridgehead atoms. The average Bonchev–Trinajstić information content (AvgIpc) is 2.21. The van der Waals surface area contributed by atoms with E-state index in [0.29, 0.717) is 0 Å². The minimum absolute atomic E-state index is 0.211. The molecule has 0 radical (unpaired) electrons. The van der Waals surface area contributed by atoms with Crippen LogP contribution in [0.4, 0.5) is 18.0 Å². The van der Waals surface area contributed by atoms with E-state index in [1.165, 1.54) is 6.08 Å². The number of carboxylic acid groups (broad SMARTS) is 1. The molecule has 0 aromatic heterocycles. The highest BCUT2D eigenvalue weighted by Crippen LogP contribution is 2.55. The Kier molecular flexibility index (Phi) is 4.43.